The van der Waals surface area contributed by atoms with Gasteiger partial charge in [-0.15, -0.1) is 0 Å². The molecular weight excluding hydrogens is 304 g/mol. The van der Waals surface area contributed by atoms with Gasteiger partial charge in [0.2, 0.25) is 0 Å². The van der Waals surface area contributed by atoms with Crippen molar-refractivity contribution in [3.63, 3.8) is 0 Å². The quantitative estimate of drug-likeness (QED) is 0.836. The second-order valence-corrected chi connectivity index (χ2v) is 6.13. The number of ether oxygens (including phenoxy) is 2. The third kappa shape index (κ3) is 1.62. The van der Waals surface area contributed by atoms with Crippen LogP contribution in [0.2, 0.25) is 0 Å². The molecule has 0 unspecified atom stereocenters. The lowest BCUT2D eigenvalue weighted by Crippen LogP contribution is -2.43. The number of nitriles is 2. The lowest BCUT2D eigenvalue weighted by molar-refractivity contribution is -0.255. The van der Waals surface area contributed by atoms with E-state index in [0.29, 0.717) is 13.2 Å². The molecule has 0 radical (unpaired) electrons. The second-order valence-electron chi connectivity index (χ2n) is 6.13. The second kappa shape index (κ2) is 5.31. The van der Waals surface area contributed by atoms with Crippen LogP contribution in [0.5, 0.6) is 0 Å². The van der Waals surface area contributed by atoms with E-state index in [4.69, 9.17) is 15.2 Å². The van der Waals surface area contributed by atoms with E-state index in [-0.39, 0.29) is 5.84 Å². The summed E-state index contributed by atoms with van der Waals surface area (Å²) in [7, 11) is 0. The van der Waals surface area contributed by atoms with Crippen LogP contribution >= 0.6 is 0 Å². The average Bonchev–Trinajstić information content (AvgIpc) is 3.14. The number of nitrogens with zero attached hydrogens (tertiary/aromatic N) is 3. The van der Waals surface area contributed by atoms with Gasteiger partial charge in [0.25, 0.3) is 5.91 Å². The van der Waals surface area contributed by atoms with Crippen molar-refractivity contribution in [2.75, 3.05) is 13.2 Å². The molecule has 6 nitrogen and oxygen atoms in total. The standard InChI is InChI=1S/C18H20N4O2/c1-4-23-18(24-5-2)17(11-20)14(13-8-6-7-12(3)9-13)16(17,10-19)15(21)22-18/h6-9,14H,4-5H2,1-3H3,(H2,21,22)/t14-,16+,17+/m0/s1. The highest BCUT2D eigenvalue weighted by atomic mass is 16.7. The van der Waals surface area contributed by atoms with Crippen molar-refractivity contribution < 1.29 is 9.47 Å². The molecule has 1 aliphatic carbocycles. The minimum absolute atomic E-state index is 0.111. The maximum absolute atomic E-state index is 10.1. The molecule has 0 bridgehead atoms. The zero-order valence-corrected chi connectivity index (χ0v) is 14.0. The van der Waals surface area contributed by atoms with E-state index in [9.17, 15) is 10.5 Å². The summed E-state index contributed by atoms with van der Waals surface area (Å²) in [5, 5.41) is 20.0. The normalized spacial score (nSPS) is 32.4. The van der Waals surface area contributed by atoms with Crippen LogP contribution in [-0.2, 0) is 9.47 Å². The summed E-state index contributed by atoms with van der Waals surface area (Å²) in [6.07, 6.45) is 0. The maximum Gasteiger partial charge on any atom is 0.293 e. The average molecular weight is 324 g/mol. The predicted octanol–water partition coefficient (Wildman–Crippen LogP) is 2.21. The fourth-order valence-electron chi connectivity index (χ4n) is 4.10. The Labute approximate surface area is 141 Å². The first-order chi connectivity index (χ1) is 11.5. The van der Waals surface area contributed by atoms with Gasteiger partial charge in [-0.3, -0.25) is 0 Å². The van der Waals surface area contributed by atoms with E-state index in [1.165, 1.54) is 0 Å². The van der Waals surface area contributed by atoms with Gasteiger partial charge in [-0.05, 0) is 26.3 Å². The molecule has 3 rings (SSSR count). The molecule has 0 saturated heterocycles. The highest BCUT2D eigenvalue weighted by molar-refractivity contribution is 6.00. The first kappa shape index (κ1) is 16.4. The monoisotopic (exact) mass is 324 g/mol. The molecule has 0 aromatic heterocycles. The number of hydrogen-bond donors (Lipinski definition) is 1. The molecule has 124 valence electrons. The van der Waals surface area contributed by atoms with Crippen LogP contribution < -0.4 is 5.73 Å². The van der Waals surface area contributed by atoms with Crippen LogP contribution in [0.1, 0.15) is 30.9 Å². The van der Waals surface area contributed by atoms with Crippen LogP contribution in [-0.4, -0.2) is 25.0 Å². The van der Waals surface area contributed by atoms with E-state index >= 15 is 0 Å². The van der Waals surface area contributed by atoms with Crippen molar-refractivity contribution in [1.82, 2.24) is 0 Å². The van der Waals surface area contributed by atoms with Crippen LogP contribution in [0.4, 0.5) is 0 Å². The number of rotatable bonds is 5. The van der Waals surface area contributed by atoms with Crippen LogP contribution in [0, 0.1) is 40.4 Å². The number of fused-ring (bicyclic) bond motifs is 1. The number of nitrogens with two attached hydrogens (primary N) is 1. The number of benzene rings is 1. The third-order valence-corrected chi connectivity index (χ3v) is 4.98. The molecule has 6 heteroatoms. The molecule has 0 spiro atoms. The molecule has 2 aliphatic rings. The van der Waals surface area contributed by atoms with E-state index < -0.39 is 22.7 Å². The van der Waals surface area contributed by atoms with Gasteiger partial charge in [-0.1, -0.05) is 29.8 Å². The zero-order valence-electron chi connectivity index (χ0n) is 14.0. The summed E-state index contributed by atoms with van der Waals surface area (Å²) in [6, 6.07) is 12.3. The Bertz CT molecular complexity index is 785. The van der Waals surface area contributed by atoms with Crippen LogP contribution in [0.15, 0.2) is 29.3 Å². The van der Waals surface area contributed by atoms with Gasteiger partial charge in [-0.2, -0.15) is 10.5 Å². The van der Waals surface area contributed by atoms with Gasteiger partial charge in [0, 0.05) is 19.1 Å². The van der Waals surface area contributed by atoms with E-state index in [1.54, 1.807) is 13.8 Å². The molecule has 1 aliphatic heterocycles. The topological polar surface area (TPSA) is 104 Å². The number of hydrogen-bond acceptors (Lipinski definition) is 6. The Kier molecular flexibility index (Phi) is 3.64. The van der Waals surface area contributed by atoms with E-state index in [0.717, 1.165) is 11.1 Å². The molecule has 1 saturated carbocycles. The molecule has 1 heterocycles. The Morgan fingerprint density at radius 1 is 1.21 bits per heavy atom. The molecule has 1 aromatic carbocycles. The van der Waals surface area contributed by atoms with Crippen LogP contribution in [0.3, 0.4) is 0 Å². The predicted molar refractivity (Wildman–Crippen MR) is 87.6 cm³/mol. The maximum atomic E-state index is 10.1. The summed E-state index contributed by atoms with van der Waals surface area (Å²) < 4.78 is 11.6. The Morgan fingerprint density at radius 3 is 2.38 bits per heavy atom. The van der Waals surface area contributed by atoms with Gasteiger partial charge in [-0.25, -0.2) is 4.99 Å². The summed E-state index contributed by atoms with van der Waals surface area (Å²) in [5.41, 5.74) is 5.57. The van der Waals surface area contributed by atoms with Crippen molar-refractivity contribution in [3.8, 4) is 12.1 Å². The molecule has 2 N–H and O–H groups in total. The minimum atomic E-state index is -1.54. The number of aliphatic imine (C=N–C) groups is 1. The van der Waals surface area contributed by atoms with Crippen molar-refractivity contribution in [2.45, 2.75) is 32.6 Å². The van der Waals surface area contributed by atoms with Crippen molar-refractivity contribution in [2.24, 2.45) is 21.6 Å². The lowest BCUT2D eigenvalue weighted by atomic mass is 9.93. The van der Waals surface area contributed by atoms with Crippen molar-refractivity contribution in [3.05, 3.63) is 35.4 Å². The van der Waals surface area contributed by atoms with Crippen molar-refractivity contribution >= 4 is 5.84 Å². The lowest BCUT2D eigenvalue weighted by Gasteiger charge is -2.31. The van der Waals surface area contributed by atoms with E-state index in [1.807, 2.05) is 31.2 Å². The number of amidine groups is 1. The molecule has 1 aromatic rings. The van der Waals surface area contributed by atoms with Crippen molar-refractivity contribution in [1.29, 1.82) is 10.5 Å². The Hall–Kier alpha value is -2.41. The summed E-state index contributed by atoms with van der Waals surface area (Å²) >= 11 is 0. The molecule has 1 fully saturated rings. The van der Waals surface area contributed by atoms with Gasteiger partial charge in [0.15, 0.2) is 5.41 Å². The fourth-order valence-corrected chi connectivity index (χ4v) is 4.10. The van der Waals surface area contributed by atoms with Gasteiger partial charge in [0.05, 0.1) is 12.1 Å². The van der Waals surface area contributed by atoms with Gasteiger partial charge in [0.1, 0.15) is 11.3 Å². The fraction of sp³-hybridized carbons (Fsp3) is 0.500. The summed E-state index contributed by atoms with van der Waals surface area (Å²) in [6.45, 7) is 6.15. The summed E-state index contributed by atoms with van der Waals surface area (Å²) in [4.78, 5) is 4.32. The molecular formula is C18H20N4O2. The number of aryl methyl sites for hydroxylation is 1. The molecule has 3 atom stereocenters. The van der Waals surface area contributed by atoms with Gasteiger partial charge >= 0.3 is 0 Å². The highest BCUT2D eigenvalue weighted by Crippen LogP contribution is 2.81. The zero-order chi connectivity index (χ0) is 17.6. The largest absolute Gasteiger partial charge is 0.386 e. The smallest absolute Gasteiger partial charge is 0.293 e. The molecule has 0 amide bonds. The Morgan fingerprint density at radius 2 is 1.88 bits per heavy atom. The van der Waals surface area contributed by atoms with Gasteiger partial charge < -0.3 is 15.2 Å². The third-order valence-electron chi connectivity index (χ3n) is 4.98. The Balaban J connectivity index is 2.23. The molecule has 24 heavy (non-hydrogen) atoms. The van der Waals surface area contributed by atoms with Crippen LogP contribution in [0.25, 0.3) is 0 Å². The SMILES string of the molecule is CCOC1(OCC)N=C(N)[C@@]2(C#N)[C@H](c3cccc(C)c3)[C@@]12C#N. The summed E-state index contributed by atoms with van der Waals surface area (Å²) in [5.74, 6) is -1.87. The first-order valence-corrected chi connectivity index (χ1v) is 8.02. The first-order valence-electron chi connectivity index (χ1n) is 8.02. The highest BCUT2D eigenvalue weighted by Gasteiger charge is 2.93. The minimum Gasteiger partial charge on any atom is -0.386 e. The van der Waals surface area contributed by atoms with E-state index in [2.05, 4.69) is 17.1 Å².